The Morgan fingerprint density at radius 1 is 1.82 bits per heavy atom. The zero-order chi connectivity index (χ0) is 8.27. The van der Waals surface area contributed by atoms with Crippen LogP contribution in [0.5, 0.6) is 0 Å². The number of carbonyl (C=O) groups is 1. The molecule has 1 aromatic rings. The number of ketones is 1. The maximum Gasteiger partial charge on any atom is 0.218 e. The van der Waals surface area contributed by atoms with Crippen molar-refractivity contribution in [1.82, 2.24) is 20.1 Å². The SMILES string of the molecule is CNCC(=O)c1ncn(C)n1. The average molecular weight is 154 g/mol. The molecule has 5 nitrogen and oxygen atoms in total. The van der Waals surface area contributed by atoms with E-state index in [-0.39, 0.29) is 18.2 Å². The van der Waals surface area contributed by atoms with Crippen molar-refractivity contribution in [3.05, 3.63) is 12.2 Å². The van der Waals surface area contributed by atoms with Crippen LogP contribution in [-0.2, 0) is 7.05 Å². The Balaban J connectivity index is 2.69. The van der Waals surface area contributed by atoms with Gasteiger partial charge >= 0.3 is 0 Å². The highest BCUT2D eigenvalue weighted by Gasteiger charge is 2.07. The van der Waals surface area contributed by atoms with E-state index in [1.807, 2.05) is 0 Å². The van der Waals surface area contributed by atoms with Gasteiger partial charge in [0.2, 0.25) is 11.6 Å². The van der Waals surface area contributed by atoms with Crippen LogP contribution in [-0.4, -0.2) is 34.1 Å². The van der Waals surface area contributed by atoms with Crippen molar-refractivity contribution < 1.29 is 4.79 Å². The number of aryl methyl sites for hydroxylation is 1. The van der Waals surface area contributed by atoms with Crippen molar-refractivity contribution in [3.8, 4) is 0 Å². The fourth-order valence-corrected chi connectivity index (χ4v) is 0.707. The van der Waals surface area contributed by atoms with E-state index in [9.17, 15) is 4.79 Å². The summed E-state index contributed by atoms with van der Waals surface area (Å²) >= 11 is 0. The van der Waals surface area contributed by atoms with Gasteiger partial charge in [0.25, 0.3) is 0 Å². The summed E-state index contributed by atoms with van der Waals surface area (Å²) in [6.45, 7) is 0.282. The first-order chi connectivity index (χ1) is 5.24. The molecule has 1 aromatic heterocycles. The van der Waals surface area contributed by atoms with Gasteiger partial charge in [-0.2, -0.15) is 0 Å². The molecule has 0 spiro atoms. The van der Waals surface area contributed by atoms with E-state index in [1.54, 1.807) is 14.1 Å². The normalized spacial score (nSPS) is 10.0. The van der Waals surface area contributed by atoms with Gasteiger partial charge in [0, 0.05) is 7.05 Å². The first-order valence-electron chi connectivity index (χ1n) is 3.27. The van der Waals surface area contributed by atoms with Gasteiger partial charge < -0.3 is 5.32 Å². The van der Waals surface area contributed by atoms with Gasteiger partial charge in [-0.3, -0.25) is 9.48 Å². The van der Waals surface area contributed by atoms with Crippen molar-refractivity contribution in [2.24, 2.45) is 7.05 Å². The molecule has 0 aliphatic rings. The lowest BCUT2D eigenvalue weighted by molar-refractivity contribution is 0.0983. The van der Waals surface area contributed by atoms with Crippen LogP contribution in [0.1, 0.15) is 10.6 Å². The van der Waals surface area contributed by atoms with Gasteiger partial charge in [0.1, 0.15) is 6.33 Å². The van der Waals surface area contributed by atoms with Crippen molar-refractivity contribution in [3.63, 3.8) is 0 Å². The second-order valence-electron chi connectivity index (χ2n) is 2.20. The van der Waals surface area contributed by atoms with Crippen molar-refractivity contribution in [2.75, 3.05) is 13.6 Å². The smallest absolute Gasteiger partial charge is 0.218 e. The van der Waals surface area contributed by atoms with Crippen LogP contribution in [0, 0.1) is 0 Å². The van der Waals surface area contributed by atoms with Gasteiger partial charge in [-0.25, -0.2) is 4.98 Å². The molecule has 0 amide bonds. The number of rotatable bonds is 3. The van der Waals surface area contributed by atoms with Gasteiger partial charge in [-0.15, -0.1) is 5.10 Å². The first kappa shape index (κ1) is 7.87. The molecule has 0 saturated carbocycles. The Bertz CT molecular complexity index is 255. The molecule has 1 heterocycles. The summed E-state index contributed by atoms with van der Waals surface area (Å²) in [6, 6.07) is 0. The molecule has 1 rings (SSSR count). The van der Waals surface area contributed by atoms with E-state index in [0.717, 1.165) is 0 Å². The molecule has 0 unspecified atom stereocenters. The molecular weight excluding hydrogens is 144 g/mol. The van der Waals surface area contributed by atoms with E-state index in [4.69, 9.17) is 0 Å². The van der Waals surface area contributed by atoms with Crippen molar-refractivity contribution in [2.45, 2.75) is 0 Å². The van der Waals surface area contributed by atoms with Crippen LogP contribution < -0.4 is 5.32 Å². The number of hydrogen-bond acceptors (Lipinski definition) is 4. The minimum absolute atomic E-state index is 0.0897. The van der Waals surface area contributed by atoms with Crippen LogP contribution in [0.3, 0.4) is 0 Å². The largest absolute Gasteiger partial charge is 0.313 e. The summed E-state index contributed by atoms with van der Waals surface area (Å²) in [4.78, 5) is 14.9. The number of Topliss-reactive ketones (excluding diaryl/α,β-unsaturated/α-hetero) is 1. The van der Waals surface area contributed by atoms with E-state index in [1.165, 1.54) is 11.0 Å². The van der Waals surface area contributed by atoms with Gasteiger partial charge in [0.05, 0.1) is 6.54 Å². The van der Waals surface area contributed by atoms with Crippen molar-refractivity contribution in [1.29, 1.82) is 0 Å². The van der Waals surface area contributed by atoms with E-state index in [2.05, 4.69) is 15.4 Å². The third kappa shape index (κ3) is 1.84. The molecule has 0 radical (unpaired) electrons. The quantitative estimate of drug-likeness (QED) is 0.580. The first-order valence-corrected chi connectivity index (χ1v) is 3.27. The fourth-order valence-electron chi connectivity index (χ4n) is 0.707. The number of aromatic nitrogens is 3. The summed E-state index contributed by atoms with van der Waals surface area (Å²) in [5.41, 5.74) is 0. The van der Waals surface area contributed by atoms with Crippen LogP contribution in [0.4, 0.5) is 0 Å². The Morgan fingerprint density at radius 2 is 2.55 bits per heavy atom. The molecule has 0 atom stereocenters. The summed E-state index contributed by atoms with van der Waals surface area (Å²) < 4.78 is 1.50. The number of hydrogen-bond donors (Lipinski definition) is 1. The second kappa shape index (κ2) is 3.25. The molecule has 0 fully saturated rings. The van der Waals surface area contributed by atoms with Gasteiger partial charge in [-0.05, 0) is 7.05 Å². The lowest BCUT2D eigenvalue weighted by Crippen LogP contribution is -2.19. The number of carbonyl (C=O) groups excluding carboxylic acids is 1. The number of likely N-dealkylation sites (N-methyl/N-ethyl adjacent to an activating group) is 1. The average Bonchev–Trinajstić information content (AvgIpc) is 2.36. The molecule has 1 N–H and O–H groups in total. The Hall–Kier alpha value is -1.23. The Morgan fingerprint density at radius 3 is 3.00 bits per heavy atom. The molecule has 11 heavy (non-hydrogen) atoms. The second-order valence-corrected chi connectivity index (χ2v) is 2.20. The maximum absolute atomic E-state index is 11.1. The predicted molar refractivity (Wildman–Crippen MR) is 39.3 cm³/mol. The highest BCUT2D eigenvalue weighted by Crippen LogP contribution is 1.87. The lowest BCUT2D eigenvalue weighted by Gasteiger charge is -1.91. The molecule has 0 bridgehead atoms. The Kier molecular flexibility index (Phi) is 2.32. The zero-order valence-corrected chi connectivity index (χ0v) is 6.53. The summed E-state index contributed by atoms with van der Waals surface area (Å²) in [7, 11) is 3.43. The van der Waals surface area contributed by atoms with E-state index < -0.39 is 0 Å². The molecular formula is C6H10N4O. The van der Waals surface area contributed by atoms with Crippen LogP contribution >= 0.6 is 0 Å². The molecule has 60 valence electrons. The summed E-state index contributed by atoms with van der Waals surface area (Å²) in [5.74, 6) is 0.176. The third-order valence-electron chi connectivity index (χ3n) is 1.19. The molecule has 0 aliphatic carbocycles. The van der Waals surface area contributed by atoms with Crippen LogP contribution in [0.25, 0.3) is 0 Å². The monoisotopic (exact) mass is 154 g/mol. The number of nitrogens with zero attached hydrogens (tertiary/aromatic N) is 3. The van der Waals surface area contributed by atoms with Crippen molar-refractivity contribution >= 4 is 5.78 Å². The molecule has 0 aliphatic heterocycles. The summed E-state index contributed by atoms with van der Waals surface area (Å²) in [6.07, 6.45) is 1.50. The predicted octanol–water partition coefficient (Wildman–Crippen LogP) is -0.783. The van der Waals surface area contributed by atoms with Crippen LogP contribution in [0.2, 0.25) is 0 Å². The van der Waals surface area contributed by atoms with E-state index in [0.29, 0.717) is 0 Å². The Labute approximate surface area is 64.4 Å². The lowest BCUT2D eigenvalue weighted by atomic mass is 10.4. The highest BCUT2D eigenvalue weighted by molar-refractivity contribution is 5.93. The van der Waals surface area contributed by atoms with Crippen LogP contribution in [0.15, 0.2) is 6.33 Å². The number of nitrogens with one attached hydrogen (secondary N) is 1. The zero-order valence-electron chi connectivity index (χ0n) is 6.53. The topological polar surface area (TPSA) is 59.8 Å². The minimum Gasteiger partial charge on any atom is -0.313 e. The van der Waals surface area contributed by atoms with E-state index >= 15 is 0 Å². The molecule has 5 heteroatoms. The third-order valence-corrected chi connectivity index (χ3v) is 1.19. The standard InChI is InChI=1S/C6H10N4O/c1-7-3-5(11)6-8-4-10(2)9-6/h4,7H,3H2,1-2H3. The highest BCUT2D eigenvalue weighted by atomic mass is 16.1. The van der Waals surface area contributed by atoms with Gasteiger partial charge in [0.15, 0.2) is 0 Å². The molecule has 0 aromatic carbocycles. The fraction of sp³-hybridized carbons (Fsp3) is 0.500. The summed E-state index contributed by atoms with van der Waals surface area (Å²) in [5, 5.41) is 6.58. The minimum atomic E-state index is -0.0897. The maximum atomic E-state index is 11.1. The molecule has 0 saturated heterocycles. The van der Waals surface area contributed by atoms with Gasteiger partial charge in [-0.1, -0.05) is 0 Å².